The number of nitrogens with one attached hydrogen (secondary N) is 2. The summed E-state index contributed by atoms with van der Waals surface area (Å²) in [4.78, 5) is 12.5. The largest absolute Gasteiger partial charge is 0.444 e. The SMILES string of the molecule is CC[C@@H]1CCC(NC(=O)OC(C)(C)C)[C@@H](OC2C(O)C(O[C@H]3OCC(C)(O)[C@H](NC)C3O)[C@H](N)C[C@@H]2C)O1. The van der Waals surface area contributed by atoms with Gasteiger partial charge in [0.2, 0.25) is 0 Å². The molecule has 0 spiro atoms. The highest BCUT2D eigenvalue weighted by Gasteiger charge is 2.50. The van der Waals surface area contributed by atoms with Crippen molar-refractivity contribution in [3.05, 3.63) is 0 Å². The van der Waals surface area contributed by atoms with Crippen LogP contribution < -0.4 is 16.4 Å². The van der Waals surface area contributed by atoms with Crippen molar-refractivity contribution in [2.45, 2.75) is 140 Å². The van der Waals surface area contributed by atoms with E-state index < -0.39 is 72.4 Å². The van der Waals surface area contributed by atoms with Crippen molar-refractivity contribution in [2.24, 2.45) is 11.7 Å². The van der Waals surface area contributed by atoms with Crippen molar-refractivity contribution in [2.75, 3.05) is 13.7 Å². The molecule has 3 fully saturated rings. The van der Waals surface area contributed by atoms with Gasteiger partial charge in [0.1, 0.15) is 29.5 Å². The Balaban J connectivity index is 1.72. The van der Waals surface area contributed by atoms with Gasteiger partial charge in [-0.15, -0.1) is 0 Å². The number of hydrogen-bond acceptors (Lipinski definition) is 11. The fourth-order valence-corrected chi connectivity index (χ4v) is 5.63. The lowest BCUT2D eigenvalue weighted by Gasteiger charge is -2.48. The van der Waals surface area contributed by atoms with Crippen molar-refractivity contribution in [1.82, 2.24) is 10.6 Å². The van der Waals surface area contributed by atoms with Crippen LogP contribution in [0.15, 0.2) is 0 Å². The van der Waals surface area contributed by atoms with E-state index in [-0.39, 0.29) is 18.6 Å². The van der Waals surface area contributed by atoms with E-state index >= 15 is 0 Å². The molecule has 2 aliphatic heterocycles. The second-order valence-corrected chi connectivity index (χ2v) is 12.2. The van der Waals surface area contributed by atoms with Crippen LogP contribution in [-0.4, -0.2) is 107 Å². The predicted octanol–water partition coefficient (Wildman–Crippen LogP) is 0.349. The van der Waals surface area contributed by atoms with Crippen molar-refractivity contribution in [1.29, 1.82) is 0 Å². The summed E-state index contributed by atoms with van der Waals surface area (Å²) >= 11 is 0. The molecule has 0 aromatic heterocycles. The van der Waals surface area contributed by atoms with Gasteiger partial charge in [-0.1, -0.05) is 13.8 Å². The maximum Gasteiger partial charge on any atom is 0.408 e. The van der Waals surface area contributed by atoms with E-state index in [4.69, 9.17) is 29.4 Å². The third kappa shape index (κ3) is 7.55. The van der Waals surface area contributed by atoms with Crippen molar-refractivity contribution in [3.63, 3.8) is 0 Å². The van der Waals surface area contributed by atoms with E-state index in [0.29, 0.717) is 12.8 Å². The minimum Gasteiger partial charge on any atom is -0.444 e. The highest BCUT2D eigenvalue weighted by molar-refractivity contribution is 5.68. The zero-order valence-electron chi connectivity index (χ0n) is 23.8. The molecule has 6 unspecified atom stereocenters. The molecular formula is C26H49N3O9. The molecule has 0 aromatic carbocycles. The summed E-state index contributed by atoms with van der Waals surface area (Å²) in [6.45, 7) is 10.8. The molecule has 1 aliphatic carbocycles. The Bertz CT molecular complexity index is 780. The van der Waals surface area contributed by atoms with Crippen LogP contribution >= 0.6 is 0 Å². The van der Waals surface area contributed by atoms with Gasteiger partial charge in [0.05, 0.1) is 30.9 Å². The molecule has 1 saturated carbocycles. The predicted molar refractivity (Wildman–Crippen MR) is 138 cm³/mol. The summed E-state index contributed by atoms with van der Waals surface area (Å²) < 4.78 is 29.6. The van der Waals surface area contributed by atoms with Gasteiger partial charge in [0.25, 0.3) is 0 Å². The number of nitrogens with two attached hydrogens (primary N) is 1. The van der Waals surface area contributed by atoms with Crippen molar-refractivity contribution < 1.29 is 43.8 Å². The molecule has 2 saturated heterocycles. The van der Waals surface area contributed by atoms with Gasteiger partial charge in [-0.2, -0.15) is 0 Å². The van der Waals surface area contributed by atoms with Gasteiger partial charge in [0, 0.05) is 6.04 Å². The molecule has 7 N–H and O–H groups in total. The number of aliphatic hydroxyl groups excluding tert-OH is 2. The molecule has 3 aliphatic rings. The Hall–Kier alpha value is -1.09. The van der Waals surface area contributed by atoms with E-state index in [9.17, 15) is 20.1 Å². The molecule has 0 bridgehead atoms. The molecular weight excluding hydrogens is 498 g/mol. The van der Waals surface area contributed by atoms with Crippen LogP contribution in [0.25, 0.3) is 0 Å². The monoisotopic (exact) mass is 547 g/mol. The lowest BCUT2D eigenvalue weighted by Crippen LogP contribution is -2.67. The van der Waals surface area contributed by atoms with E-state index in [0.717, 1.165) is 12.8 Å². The lowest BCUT2D eigenvalue weighted by atomic mass is 9.80. The smallest absolute Gasteiger partial charge is 0.408 e. The number of ether oxygens (including phenoxy) is 5. The Kier molecular flexibility index (Phi) is 10.4. The van der Waals surface area contributed by atoms with E-state index in [1.54, 1.807) is 34.7 Å². The standard InChI is InChI=1S/C26H49N3O9/c1-8-14-9-10-16(29-24(32)38-25(3,4)5)22(35-14)36-19-13(2)11-15(27)20(17(19)30)37-23-18(31)21(28-7)26(6,33)12-34-23/h13-23,28,30-31,33H,8-12,27H2,1-7H3,(H,29,32)/t13-,14+,15+,16?,17?,18?,19?,20?,21+,22+,23+,26?/m0/s1. The molecule has 12 nitrogen and oxygen atoms in total. The van der Waals surface area contributed by atoms with Gasteiger partial charge in [-0.25, -0.2) is 4.79 Å². The number of amides is 1. The van der Waals surface area contributed by atoms with Crippen molar-refractivity contribution >= 4 is 6.09 Å². The number of alkyl carbamates (subject to hydrolysis) is 1. The Labute approximate surface area is 225 Å². The number of likely N-dealkylation sites (N-methyl/N-ethyl adjacent to an activating group) is 1. The van der Waals surface area contributed by atoms with Crippen LogP contribution in [0.3, 0.4) is 0 Å². The van der Waals surface area contributed by atoms with E-state index in [1.807, 2.05) is 13.8 Å². The summed E-state index contributed by atoms with van der Waals surface area (Å²) in [5.74, 6) is -0.143. The first-order chi connectivity index (χ1) is 17.7. The normalized spacial score (nSPS) is 44.4. The summed E-state index contributed by atoms with van der Waals surface area (Å²) in [5, 5.41) is 38.5. The number of aliphatic hydroxyl groups is 3. The van der Waals surface area contributed by atoms with Crippen LogP contribution in [0.1, 0.15) is 67.2 Å². The second-order valence-electron chi connectivity index (χ2n) is 12.2. The van der Waals surface area contributed by atoms with Gasteiger partial charge in [-0.05, 0) is 66.3 Å². The summed E-state index contributed by atoms with van der Waals surface area (Å²) in [6.07, 6.45) is -3.84. The minimum atomic E-state index is -1.30. The number of carbonyl (C=O) groups is 1. The molecule has 3 rings (SSSR count). The Morgan fingerprint density at radius 2 is 1.79 bits per heavy atom. The van der Waals surface area contributed by atoms with Gasteiger partial charge >= 0.3 is 6.09 Å². The average molecular weight is 548 g/mol. The minimum absolute atomic E-state index is 0.0425. The molecule has 222 valence electrons. The molecule has 1 amide bonds. The number of carbonyl (C=O) groups excluding carboxylic acids is 1. The zero-order valence-corrected chi connectivity index (χ0v) is 23.8. The van der Waals surface area contributed by atoms with Crippen LogP contribution in [0, 0.1) is 5.92 Å². The first-order valence-electron chi connectivity index (χ1n) is 13.8. The number of rotatable bonds is 7. The Morgan fingerprint density at radius 1 is 1.13 bits per heavy atom. The van der Waals surface area contributed by atoms with Crippen molar-refractivity contribution in [3.8, 4) is 0 Å². The quantitative estimate of drug-likeness (QED) is 0.259. The first kappa shape index (κ1) is 31.4. The Morgan fingerprint density at radius 3 is 2.39 bits per heavy atom. The molecule has 38 heavy (non-hydrogen) atoms. The van der Waals surface area contributed by atoms with Gasteiger partial charge in [-0.3, -0.25) is 0 Å². The highest BCUT2D eigenvalue weighted by atomic mass is 16.7. The zero-order chi connectivity index (χ0) is 28.4. The fourth-order valence-electron chi connectivity index (χ4n) is 5.63. The highest BCUT2D eigenvalue weighted by Crippen LogP contribution is 2.34. The maximum atomic E-state index is 12.5. The second kappa shape index (κ2) is 12.6. The average Bonchev–Trinajstić information content (AvgIpc) is 2.80. The maximum absolute atomic E-state index is 12.5. The van der Waals surface area contributed by atoms with Gasteiger partial charge < -0.3 is 55.4 Å². The fraction of sp³-hybridized carbons (Fsp3) is 0.962. The van der Waals surface area contributed by atoms with Crippen LogP contribution in [-0.2, 0) is 23.7 Å². The molecule has 12 heteroatoms. The molecule has 12 atom stereocenters. The van der Waals surface area contributed by atoms with Crippen LogP contribution in [0.4, 0.5) is 4.79 Å². The molecule has 0 aromatic rings. The number of hydrogen-bond donors (Lipinski definition) is 6. The topological polar surface area (TPSA) is 174 Å². The van der Waals surface area contributed by atoms with Crippen LogP contribution in [0.5, 0.6) is 0 Å². The molecule has 0 radical (unpaired) electrons. The third-order valence-electron chi connectivity index (χ3n) is 7.64. The van der Waals surface area contributed by atoms with E-state index in [2.05, 4.69) is 10.6 Å². The summed E-state index contributed by atoms with van der Waals surface area (Å²) in [7, 11) is 1.63. The molecule has 2 heterocycles. The first-order valence-corrected chi connectivity index (χ1v) is 13.8. The third-order valence-corrected chi connectivity index (χ3v) is 7.64. The van der Waals surface area contributed by atoms with Gasteiger partial charge in [0.15, 0.2) is 12.6 Å². The van der Waals surface area contributed by atoms with E-state index in [1.165, 1.54) is 0 Å². The summed E-state index contributed by atoms with van der Waals surface area (Å²) in [6, 6.07) is -1.72. The lowest BCUT2D eigenvalue weighted by molar-refractivity contribution is -0.310. The van der Waals surface area contributed by atoms with Crippen LogP contribution in [0.2, 0.25) is 0 Å². The summed E-state index contributed by atoms with van der Waals surface area (Å²) in [5.41, 5.74) is 4.44.